The molecule has 110 valence electrons. The number of rotatable bonds is 7. The summed E-state index contributed by atoms with van der Waals surface area (Å²) in [5.41, 5.74) is -0.102. The first-order valence-corrected chi connectivity index (χ1v) is 6.20. The maximum absolute atomic E-state index is 13.2. The molecule has 0 aromatic heterocycles. The molecule has 5 nitrogen and oxygen atoms in total. The number of nitrogens with one attached hydrogen (secondary N) is 2. The number of amides is 2. The summed E-state index contributed by atoms with van der Waals surface area (Å²) in [6, 6.07) is 2.28. The highest BCUT2D eigenvalue weighted by Gasteiger charge is 2.07. The lowest BCUT2D eigenvalue weighted by Gasteiger charge is -2.08. The lowest BCUT2D eigenvalue weighted by atomic mass is 10.2. The van der Waals surface area contributed by atoms with Gasteiger partial charge < -0.3 is 15.7 Å². The van der Waals surface area contributed by atoms with Gasteiger partial charge in [-0.05, 0) is 25.0 Å². The van der Waals surface area contributed by atoms with E-state index in [0.717, 1.165) is 12.1 Å². The zero-order chi connectivity index (χ0) is 15.0. The summed E-state index contributed by atoms with van der Waals surface area (Å²) in [7, 11) is 0. The van der Waals surface area contributed by atoms with Crippen LogP contribution in [0.1, 0.15) is 25.7 Å². The van der Waals surface area contributed by atoms with Crippen molar-refractivity contribution in [2.24, 2.45) is 0 Å². The molecule has 1 aromatic rings. The SMILES string of the molecule is O=C(O)CCCCCNC(=O)Nc1ccc(F)cc1F. The smallest absolute Gasteiger partial charge is 0.319 e. The molecule has 0 unspecified atom stereocenters. The van der Waals surface area contributed by atoms with E-state index in [1.54, 1.807) is 0 Å². The van der Waals surface area contributed by atoms with Gasteiger partial charge in [-0.3, -0.25) is 4.79 Å². The number of benzene rings is 1. The highest BCUT2D eigenvalue weighted by Crippen LogP contribution is 2.14. The van der Waals surface area contributed by atoms with Crippen molar-refractivity contribution in [2.75, 3.05) is 11.9 Å². The maximum atomic E-state index is 13.2. The van der Waals surface area contributed by atoms with Crippen molar-refractivity contribution in [2.45, 2.75) is 25.7 Å². The molecule has 0 bridgehead atoms. The first kappa shape index (κ1) is 15.9. The Balaban J connectivity index is 2.22. The molecule has 0 saturated heterocycles. The van der Waals surface area contributed by atoms with Crippen LogP contribution in [0, 0.1) is 11.6 Å². The summed E-state index contributed by atoms with van der Waals surface area (Å²) >= 11 is 0. The molecule has 7 heteroatoms. The molecule has 1 aromatic carbocycles. The number of aliphatic carboxylic acids is 1. The van der Waals surface area contributed by atoms with Crippen LogP contribution >= 0.6 is 0 Å². The molecule has 0 aliphatic heterocycles. The topological polar surface area (TPSA) is 78.4 Å². The molecule has 0 atom stereocenters. The third-order valence-electron chi connectivity index (χ3n) is 2.53. The summed E-state index contributed by atoms with van der Waals surface area (Å²) in [4.78, 5) is 21.7. The third kappa shape index (κ3) is 6.12. The summed E-state index contributed by atoms with van der Waals surface area (Å²) < 4.78 is 25.9. The van der Waals surface area contributed by atoms with Gasteiger partial charge in [0.15, 0.2) is 0 Å². The van der Waals surface area contributed by atoms with Gasteiger partial charge in [0.1, 0.15) is 11.6 Å². The molecular weight excluding hydrogens is 270 g/mol. The second-order valence-electron chi connectivity index (χ2n) is 4.21. The second kappa shape index (κ2) is 8.08. The minimum atomic E-state index is -0.846. The molecule has 20 heavy (non-hydrogen) atoms. The Labute approximate surface area is 115 Å². The van der Waals surface area contributed by atoms with Crippen LogP contribution in [0.3, 0.4) is 0 Å². The van der Waals surface area contributed by atoms with Gasteiger partial charge in [0, 0.05) is 19.0 Å². The molecule has 2 amide bonds. The van der Waals surface area contributed by atoms with E-state index in [1.807, 2.05) is 0 Å². The van der Waals surface area contributed by atoms with Crippen molar-refractivity contribution < 1.29 is 23.5 Å². The van der Waals surface area contributed by atoms with Gasteiger partial charge in [0.25, 0.3) is 0 Å². The van der Waals surface area contributed by atoms with E-state index in [0.29, 0.717) is 31.9 Å². The van der Waals surface area contributed by atoms with Crippen LogP contribution in [0.15, 0.2) is 18.2 Å². The number of halogens is 2. The zero-order valence-corrected chi connectivity index (χ0v) is 10.8. The highest BCUT2D eigenvalue weighted by atomic mass is 19.1. The minimum absolute atomic E-state index is 0.102. The van der Waals surface area contributed by atoms with Crippen molar-refractivity contribution in [3.05, 3.63) is 29.8 Å². The summed E-state index contributed by atoms with van der Waals surface area (Å²) in [6.07, 6.45) is 1.96. The maximum Gasteiger partial charge on any atom is 0.319 e. The van der Waals surface area contributed by atoms with Crippen LogP contribution in [-0.4, -0.2) is 23.7 Å². The average molecular weight is 286 g/mol. The minimum Gasteiger partial charge on any atom is -0.481 e. The van der Waals surface area contributed by atoms with Crippen molar-refractivity contribution in [1.29, 1.82) is 0 Å². The fourth-order valence-electron chi connectivity index (χ4n) is 1.54. The van der Waals surface area contributed by atoms with E-state index in [-0.39, 0.29) is 12.1 Å². The average Bonchev–Trinajstić information content (AvgIpc) is 2.36. The Hall–Kier alpha value is -2.18. The first-order valence-electron chi connectivity index (χ1n) is 6.20. The predicted octanol–water partition coefficient (Wildman–Crippen LogP) is 2.73. The summed E-state index contributed by atoms with van der Waals surface area (Å²) in [6.45, 7) is 0.355. The quantitative estimate of drug-likeness (QED) is 0.674. The van der Waals surface area contributed by atoms with Crippen molar-refractivity contribution in [1.82, 2.24) is 5.32 Å². The number of carboxylic acids is 1. The number of carbonyl (C=O) groups is 2. The van der Waals surface area contributed by atoms with Crippen LogP contribution in [0.2, 0.25) is 0 Å². The second-order valence-corrected chi connectivity index (χ2v) is 4.21. The van der Waals surface area contributed by atoms with Crippen LogP contribution in [0.25, 0.3) is 0 Å². The molecule has 3 N–H and O–H groups in total. The molecule has 1 rings (SSSR count). The zero-order valence-electron chi connectivity index (χ0n) is 10.8. The first-order chi connectivity index (χ1) is 9.49. The van der Waals surface area contributed by atoms with Crippen molar-refractivity contribution in [3.8, 4) is 0 Å². The molecule has 0 heterocycles. The highest BCUT2D eigenvalue weighted by molar-refractivity contribution is 5.89. The molecule has 0 aliphatic rings. The van der Waals surface area contributed by atoms with Gasteiger partial charge in [-0.25, -0.2) is 13.6 Å². The number of hydrogen-bond donors (Lipinski definition) is 3. The molecule has 0 fully saturated rings. The number of unbranched alkanes of at least 4 members (excludes halogenated alkanes) is 2. The lowest BCUT2D eigenvalue weighted by molar-refractivity contribution is -0.137. The lowest BCUT2D eigenvalue weighted by Crippen LogP contribution is -2.29. The number of urea groups is 1. The van der Waals surface area contributed by atoms with E-state index in [4.69, 9.17) is 5.11 Å². The Kier molecular flexibility index (Phi) is 6.42. The number of hydrogen-bond acceptors (Lipinski definition) is 2. The fraction of sp³-hybridized carbons (Fsp3) is 0.385. The van der Waals surface area contributed by atoms with Gasteiger partial charge in [0.05, 0.1) is 5.69 Å². The largest absolute Gasteiger partial charge is 0.481 e. The number of carboxylic acid groups (broad SMARTS) is 1. The predicted molar refractivity (Wildman–Crippen MR) is 69.5 cm³/mol. The van der Waals surface area contributed by atoms with E-state index in [9.17, 15) is 18.4 Å². The monoisotopic (exact) mass is 286 g/mol. The van der Waals surface area contributed by atoms with Crippen molar-refractivity contribution in [3.63, 3.8) is 0 Å². The van der Waals surface area contributed by atoms with Gasteiger partial charge in [-0.2, -0.15) is 0 Å². The Bertz CT molecular complexity index is 481. The molecule has 0 aliphatic carbocycles. The van der Waals surface area contributed by atoms with Gasteiger partial charge in [-0.1, -0.05) is 6.42 Å². The van der Waals surface area contributed by atoms with E-state index >= 15 is 0 Å². The molecular formula is C13H16F2N2O3. The van der Waals surface area contributed by atoms with Crippen LogP contribution in [0.4, 0.5) is 19.3 Å². The Morgan fingerprint density at radius 2 is 1.90 bits per heavy atom. The summed E-state index contributed by atoms with van der Waals surface area (Å²) in [5.74, 6) is -2.41. The van der Waals surface area contributed by atoms with Crippen LogP contribution in [-0.2, 0) is 4.79 Å². The Morgan fingerprint density at radius 1 is 1.15 bits per heavy atom. The summed E-state index contributed by atoms with van der Waals surface area (Å²) in [5, 5.41) is 13.2. The molecule has 0 spiro atoms. The van der Waals surface area contributed by atoms with Crippen molar-refractivity contribution >= 4 is 17.7 Å². The van der Waals surface area contributed by atoms with Crippen LogP contribution < -0.4 is 10.6 Å². The van der Waals surface area contributed by atoms with Gasteiger partial charge in [-0.15, -0.1) is 0 Å². The standard InChI is InChI=1S/C13H16F2N2O3/c14-9-5-6-11(10(15)8-9)17-13(20)16-7-3-1-2-4-12(18)19/h5-6,8H,1-4,7H2,(H,18,19)(H2,16,17,20). The number of anilines is 1. The number of carbonyl (C=O) groups excluding carboxylic acids is 1. The molecule has 0 saturated carbocycles. The van der Waals surface area contributed by atoms with Gasteiger partial charge >= 0.3 is 12.0 Å². The van der Waals surface area contributed by atoms with Crippen LogP contribution in [0.5, 0.6) is 0 Å². The third-order valence-corrected chi connectivity index (χ3v) is 2.53. The molecule has 0 radical (unpaired) electrons. The van der Waals surface area contributed by atoms with E-state index in [1.165, 1.54) is 0 Å². The van der Waals surface area contributed by atoms with Gasteiger partial charge in [0.2, 0.25) is 0 Å². The van der Waals surface area contributed by atoms with E-state index < -0.39 is 23.6 Å². The fourth-order valence-corrected chi connectivity index (χ4v) is 1.54. The van der Waals surface area contributed by atoms with E-state index in [2.05, 4.69) is 10.6 Å². The Morgan fingerprint density at radius 3 is 2.55 bits per heavy atom. The normalized spacial score (nSPS) is 10.1.